The molecule has 5 heteroatoms. The minimum absolute atomic E-state index is 0.121. The second kappa shape index (κ2) is 4.51. The molecule has 0 amide bonds. The van der Waals surface area contributed by atoms with Gasteiger partial charge in [0, 0.05) is 24.6 Å². The van der Waals surface area contributed by atoms with E-state index in [1.807, 2.05) is 18.2 Å². The predicted octanol–water partition coefficient (Wildman–Crippen LogP) is 1.80. The molecule has 5 nitrogen and oxygen atoms in total. The van der Waals surface area contributed by atoms with Gasteiger partial charge >= 0.3 is 5.97 Å². The average Bonchev–Trinajstić information content (AvgIpc) is 2.85. The molecule has 2 aromatic rings. The summed E-state index contributed by atoms with van der Waals surface area (Å²) in [4.78, 5) is 13.2. The third-order valence-electron chi connectivity index (χ3n) is 3.55. The van der Waals surface area contributed by atoms with Crippen LogP contribution in [0.5, 0.6) is 0 Å². The van der Waals surface area contributed by atoms with E-state index in [9.17, 15) is 4.79 Å². The molecule has 0 spiro atoms. The van der Waals surface area contributed by atoms with E-state index in [1.165, 1.54) is 5.56 Å². The van der Waals surface area contributed by atoms with Gasteiger partial charge in [0.2, 0.25) is 0 Å². The number of aromatic amines is 1. The normalized spacial score (nSPS) is 16.3. The van der Waals surface area contributed by atoms with Crippen molar-refractivity contribution in [2.45, 2.75) is 5.92 Å². The maximum Gasteiger partial charge on any atom is 0.353 e. The summed E-state index contributed by atoms with van der Waals surface area (Å²) in [6, 6.07) is 9.65. The van der Waals surface area contributed by atoms with Crippen molar-refractivity contribution in [3.63, 3.8) is 0 Å². The van der Waals surface area contributed by atoms with Crippen LogP contribution in [-0.2, 0) is 0 Å². The number of hydrogen-bond donors (Lipinski definition) is 2. The van der Waals surface area contributed by atoms with Crippen molar-refractivity contribution in [3.05, 3.63) is 41.6 Å². The number of nitrogens with zero attached hydrogens (tertiary/aromatic N) is 2. The van der Waals surface area contributed by atoms with Gasteiger partial charge in [-0.1, -0.05) is 24.3 Å². The molecule has 2 N–H and O–H groups in total. The fourth-order valence-corrected chi connectivity index (χ4v) is 2.55. The minimum Gasteiger partial charge on any atom is -0.477 e. The highest BCUT2D eigenvalue weighted by molar-refractivity contribution is 5.87. The standard InChI is InChI=1S/C14H15N3O2/c1-17-7-9(8-17)10-4-2-3-5-11(10)12-6-13(14(18)19)16-15-12/h2-6,9H,7-8H2,1H3,(H,15,16)(H,18,19). The van der Waals surface area contributed by atoms with Crippen molar-refractivity contribution in [3.8, 4) is 11.3 Å². The zero-order chi connectivity index (χ0) is 13.4. The van der Waals surface area contributed by atoms with Gasteiger partial charge in [0.15, 0.2) is 0 Å². The molecular weight excluding hydrogens is 242 g/mol. The van der Waals surface area contributed by atoms with Crippen LogP contribution in [0.4, 0.5) is 0 Å². The predicted molar refractivity (Wildman–Crippen MR) is 71.2 cm³/mol. The van der Waals surface area contributed by atoms with Gasteiger partial charge in [-0.15, -0.1) is 0 Å². The molecule has 0 aliphatic carbocycles. The summed E-state index contributed by atoms with van der Waals surface area (Å²) < 4.78 is 0. The summed E-state index contributed by atoms with van der Waals surface area (Å²) in [5.41, 5.74) is 3.08. The number of carboxylic acids is 1. The third kappa shape index (κ3) is 2.13. The molecule has 0 unspecified atom stereocenters. The molecule has 1 saturated heterocycles. The molecule has 1 fully saturated rings. The van der Waals surface area contributed by atoms with Gasteiger partial charge in [0.25, 0.3) is 0 Å². The summed E-state index contributed by atoms with van der Waals surface area (Å²) >= 11 is 0. The first-order valence-electron chi connectivity index (χ1n) is 6.21. The van der Waals surface area contributed by atoms with Gasteiger partial charge < -0.3 is 10.0 Å². The van der Waals surface area contributed by atoms with Crippen LogP contribution in [0.3, 0.4) is 0 Å². The Labute approximate surface area is 110 Å². The first-order chi connectivity index (χ1) is 9.15. The van der Waals surface area contributed by atoms with Crippen molar-refractivity contribution < 1.29 is 9.90 Å². The SMILES string of the molecule is CN1CC(c2ccccc2-c2cc(C(=O)O)[nH]n2)C1. The molecule has 1 aliphatic heterocycles. The summed E-state index contributed by atoms with van der Waals surface area (Å²) in [7, 11) is 2.09. The quantitative estimate of drug-likeness (QED) is 0.879. The minimum atomic E-state index is -0.986. The van der Waals surface area contributed by atoms with Crippen LogP contribution < -0.4 is 0 Å². The van der Waals surface area contributed by atoms with Crippen molar-refractivity contribution in [1.82, 2.24) is 15.1 Å². The number of carboxylic acid groups (broad SMARTS) is 1. The van der Waals surface area contributed by atoms with Crippen LogP contribution in [0, 0.1) is 0 Å². The molecule has 1 aliphatic rings. The number of hydrogen-bond acceptors (Lipinski definition) is 3. The first kappa shape index (κ1) is 11.9. The number of likely N-dealkylation sites (N-methyl/N-ethyl adjacent to an activating group) is 1. The van der Waals surface area contributed by atoms with Gasteiger partial charge in [-0.3, -0.25) is 5.10 Å². The lowest BCUT2D eigenvalue weighted by molar-refractivity contribution is 0.0690. The van der Waals surface area contributed by atoms with Crippen LogP contribution >= 0.6 is 0 Å². The van der Waals surface area contributed by atoms with E-state index in [2.05, 4.69) is 28.2 Å². The fourth-order valence-electron chi connectivity index (χ4n) is 2.55. The van der Waals surface area contributed by atoms with Crippen LogP contribution in [-0.4, -0.2) is 46.3 Å². The van der Waals surface area contributed by atoms with E-state index in [-0.39, 0.29) is 5.69 Å². The van der Waals surface area contributed by atoms with Crippen LogP contribution in [0.1, 0.15) is 22.0 Å². The number of carbonyl (C=O) groups is 1. The van der Waals surface area contributed by atoms with Gasteiger partial charge in [-0.25, -0.2) is 4.79 Å². The van der Waals surface area contributed by atoms with Crippen LogP contribution in [0.15, 0.2) is 30.3 Å². The van der Waals surface area contributed by atoms with E-state index < -0.39 is 5.97 Å². The second-order valence-electron chi connectivity index (χ2n) is 4.98. The number of H-pyrrole nitrogens is 1. The maximum atomic E-state index is 10.9. The molecule has 0 bridgehead atoms. The Morgan fingerprint density at radius 1 is 1.42 bits per heavy atom. The largest absolute Gasteiger partial charge is 0.477 e. The van der Waals surface area contributed by atoms with E-state index in [4.69, 9.17) is 5.11 Å². The summed E-state index contributed by atoms with van der Waals surface area (Å²) in [6.07, 6.45) is 0. The zero-order valence-electron chi connectivity index (χ0n) is 10.6. The molecule has 2 heterocycles. The molecule has 3 rings (SSSR count). The smallest absolute Gasteiger partial charge is 0.353 e. The Bertz CT molecular complexity index is 615. The number of benzene rings is 1. The number of aromatic carboxylic acids is 1. The van der Waals surface area contributed by atoms with Gasteiger partial charge in [0.1, 0.15) is 5.69 Å². The van der Waals surface area contributed by atoms with E-state index >= 15 is 0 Å². The van der Waals surface area contributed by atoms with Gasteiger partial charge in [0.05, 0.1) is 5.69 Å². The molecule has 1 aromatic heterocycles. The summed E-state index contributed by atoms with van der Waals surface area (Å²) in [6.45, 7) is 2.07. The van der Waals surface area contributed by atoms with E-state index in [0.717, 1.165) is 18.7 Å². The fraction of sp³-hybridized carbons (Fsp3) is 0.286. The highest BCUT2D eigenvalue weighted by Crippen LogP contribution is 2.33. The van der Waals surface area contributed by atoms with Gasteiger partial charge in [-0.2, -0.15) is 5.10 Å². The summed E-state index contributed by atoms with van der Waals surface area (Å²) in [5.74, 6) is -0.481. The average molecular weight is 257 g/mol. The highest BCUT2D eigenvalue weighted by Gasteiger charge is 2.27. The molecule has 0 atom stereocenters. The lowest BCUT2D eigenvalue weighted by Gasteiger charge is -2.37. The third-order valence-corrected chi connectivity index (χ3v) is 3.55. The van der Waals surface area contributed by atoms with Crippen LogP contribution in [0.25, 0.3) is 11.3 Å². The molecule has 1 aromatic carbocycles. The van der Waals surface area contributed by atoms with Crippen LogP contribution in [0.2, 0.25) is 0 Å². The van der Waals surface area contributed by atoms with Crippen molar-refractivity contribution in [2.24, 2.45) is 0 Å². The number of nitrogens with one attached hydrogen (secondary N) is 1. The summed E-state index contributed by atoms with van der Waals surface area (Å²) in [5, 5.41) is 15.6. The highest BCUT2D eigenvalue weighted by atomic mass is 16.4. The Hall–Kier alpha value is -2.14. The molecule has 0 radical (unpaired) electrons. The Morgan fingerprint density at radius 2 is 2.16 bits per heavy atom. The monoisotopic (exact) mass is 257 g/mol. The zero-order valence-corrected chi connectivity index (χ0v) is 10.6. The Kier molecular flexibility index (Phi) is 2.83. The van der Waals surface area contributed by atoms with Gasteiger partial charge in [-0.05, 0) is 18.7 Å². The first-order valence-corrected chi connectivity index (χ1v) is 6.21. The van der Waals surface area contributed by atoms with E-state index in [1.54, 1.807) is 6.07 Å². The number of likely N-dealkylation sites (tertiary alicyclic amines) is 1. The van der Waals surface area contributed by atoms with Crippen molar-refractivity contribution in [2.75, 3.05) is 20.1 Å². The Morgan fingerprint density at radius 3 is 2.79 bits per heavy atom. The molecular formula is C14H15N3O2. The maximum absolute atomic E-state index is 10.9. The lowest BCUT2D eigenvalue weighted by atomic mass is 9.87. The second-order valence-corrected chi connectivity index (χ2v) is 4.98. The van der Waals surface area contributed by atoms with Crippen molar-refractivity contribution in [1.29, 1.82) is 0 Å². The number of rotatable bonds is 3. The number of aromatic nitrogens is 2. The van der Waals surface area contributed by atoms with Crippen molar-refractivity contribution >= 4 is 5.97 Å². The van der Waals surface area contributed by atoms with E-state index in [0.29, 0.717) is 11.6 Å². The topological polar surface area (TPSA) is 69.2 Å². The molecule has 98 valence electrons. The molecule has 19 heavy (non-hydrogen) atoms. The molecule has 0 saturated carbocycles. The lowest BCUT2D eigenvalue weighted by Crippen LogP contribution is -2.41. The Balaban J connectivity index is 1.97.